The van der Waals surface area contributed by atoms with Gasteiger partial charge in [-0.2, -0.15) is 0 Å². The van der Waals surface area contributed by atoms with Crippen LogP contribution in [0.2, 0.25) is 0 Å². The zero-order valence-electron chi connectivity index (χ0n) is 11.4. The van der Waals surface area contributed by atoms with Gasteiger partial charge >= 0.3 is 0 Å². The number of rotatable bonds is 3. The largest absolute Gasteiger partial charge is 0.288 e. The molecule has 6 heteroatoms. The Morgan fingerprint density at radius 1 is 1.27 bits per heavy atom. The molecule has 1 aromatic heterocycles. The number of nitrogens with zero attached hydrogens (tertiary/aromatic N) is 2. The van der Waals surface area contributed by atoms with Gasteiger partial charge in [-0.25, -0.2) is 4.39 Å². The second-order valence-electron chi connectivity index (χ2n) is 4.68. The van der Waals surface area contributed by atoms with Crippen LogP contribution in [-0.4, -0.2) is 20.1 Å². The molecular weight excluding hydrogens is 319 g/mol. The second-order valence-corrected chi connectivity index (χ2v) is 6.36. The fraction of sp³-hybridized carbons (Fsp3) is 0.0625. The number of pyridine rings is 1. The predicted octanol–water partition coefficient (Wildman–Crippen LogP) is 3.62. The fourth-order valence-electron chi connectivity index (χ4n) is 2.02. The minimum Gasteiger partial charge on any atom is -0.288 e. The lowest BCUT2D eigenvalue weighted by Crippen LogP contribution is -2.27. The van der Waals surface area contributed by atoms with Crippen LogP contribution in [0.3, 0.4) is 0 Å². The number of aromatic nitrogens is 1. The van der Waals surface area contributed by atoms with Crippen molar-refractivity contribution in [3.63, 3.8) is 0 Å². The molecule has 3 rings (SSSR count). The van der Waals surface area contributed by atoms with Crippen LogP contribution >= 0.6 is 24.0 Å². The Bertz CT molecular complexity index is 745. The first kappa shape index (κ1) is 14.9. The number of thiocarbonyl (C=S) groups is 1. The Hall–Kier alpha value is -2.05. The van der Waals surface area contributed by atoms with Gasteiger partial charge in [0.15, 0.2) is 0 Å². The number of hydrogen-bond acceptors (Lipinski definition) is 4. The predicted molar refractivity (Wildman–Crippen MR) is 89.4 cm³/mol. The van der Waals surface area contributed by atoms with Gasteiger partial charge < -0.3 is 0 Å². The monoisotopic (exact) mass is 330 g/mol. The van der Waals surface area contributed by atoms with Crippen LogP contribution in [0.4, 0.5) is 4.39 Å². The maximum atomic E-state index is 12.9. The van der Waals surface area contributed by atoms with Crippen LogP contribution in [-0.2, 0) is 11.3 Å². The van der Waals surface area contributed by atoms with Crippen molar-refractivity contribution in [2.45, 2.75) is 6.54 Å². The molecule has 1 aliphatic rings. The highest BCUT2D eigenvalue weighted by Gasteiger charge is 2.31. The van der Waals surface area contributed by atoms with E-state index in [1.807, 2.05) is 12.1 Å². The number of thioether (sulfide) groups is 1. The summed E-state index contributed by atoms with van der Waals surface area (Å²) >= 11 is 6.53. The van der Waals surface area contributed by atoms with Crippen LogP contribution in [0.15, 0.2) is 53.7 Å². The Kier molecular flexibility index (Phi) is 4.31. The topological polar surface area (TPSA) is 33.2 Å². The summed E-state index contributed by atoms with van der Waals surface area (Å²) in [4.78, 5) is 18.6. The summed E-state index contributed by atoms with van der Waals surface area (Å²) in [5.74, 6) is -0.440. The molecule has 0 saturated carbocycles. The van der Waals surface area contributed by atoms with Gasteiger partial charge in [0.2, 0.25) is 0 Å². The summed E-state index contributed by atoms with van der Waals surface area (Å²) in [7, 11) is 0. The van der Waals surface area contributed by atoms with Crippen molar-refractivity contribution in [3.8, 4) is 0 Å². The van der Waals surface area contributed by atoms with Crippen molar-refractivity contribution in [1.29, 1.82) is 0 Å². The van der Waals surface area contributed by atoms with Crippen molar-refractivity contribution in [1.82, 2.24) is 9.88 Å². The van der Waals surface area contributed by atoms with E-state index in [2.05, 4.69) is 4.98 Å². The Labute approximate surface area is 136 Å². The molecule has 1 aliphatic heterocycles. The molecule has 3 nitrogen and oxygen atoms in total. The van der Waals surface area contributed by atoms with Gasteiger partial charge in [-0.3, -0.25) is 14.7 Å². The maximum Gasteiger partial charge on any atom is 0.266 e. The standard InChI is InChI=1S/C16H11FN2OS2/c17-13-5-3-11(4-6-13)8-14-15(20)19(16(21)22-14)10-12-2-1-7-18-9-12/h1-9H,10H2. The van der Waals surface area contributed by atoms with Crippen molar-refractivity contribution >= 4 is 40.3 Å². The number of hydrogen-bond donors (Lipinski definition) is 0. The van der Waals surface area contributed by atoms with E-state index in [9.17, 15) is 9.18 Å². The zero-order chi connectivity index (χ0) is 15.5. The van der Waals surface area contributed by atoms with Crippen LogP contribution in [0.25, 0.3) is 6.08 Å². The first-order chi connectivity index (χ1) is 10.6. The van der Waals surface area contributed by atoms with Crippen molar-refractivity contribution in [2.24, 2.45) is 0 Å². The Balaban J connectivity index is 1.80. The number of halogens is 1. The molecular formula is C16H11FN2OS2. The molecule has 22 heavy (non-hydrogen) atoms. The zero-order valence-corrected chi connectivity index (χ0v) is 13.0. The molecule has 0 N–H and O–H groups in total. The second kappa shape index (κ2) is 6.37. The van der Waals surface area contributed by atoms with Gasteiger partial charge in [0, 0.05) is 12.4 Å². The molecule has 110 valence electrons. The molecule has 2 heterocycles. The molecule has 2 aromatic rings. The molecule has 1 fully saturated rings. The molecule has 1 aromatic carbocycles. The van der Waals surface area contributed by atoms with Gasteiger partial charge in [0.05, 0.1) is 11.4 Å². The van der Waals surface area contributed by atoms with E-state index in [0.29, 0.717) is 15.8 Å². The average Bonchev–Trinajstić information content (AvgIpc) is 2.78. The van der Waals surface area contributed by atoms with E-state index in [1.165, 1.54) is 23.9 Å². The third-order valence-corrected chi connectivity index (χ3v) is 4.48. The quantitative estimate of drug-likeness (QED) is 0.636. The minimum atomic E-state index is -0.304. The van der Waals surface area contributed by atoms with Gasteiger partial charge in [-0.15, -0.1) is 0 Å². The third kappa shape index (κ3) is 3.23. The summed E-state index contributed by atoms with van der Waals surface area (Å²) in [6.45, 7) is 0.402. The number of benzene rings is 1. The van der Waals surface area contributed by atoms with E-state index >= 15 is 0 Å². The summed E-state index contributed by atoms with van der Waals surface area (Å²) in [6, 6.07) is 9.70. The van der Waals surface area contributed by atoms with Crippen LogP contribution in [0, 0.1) is 5.82 Å². The number of carbonyl (C=O) groups excluding carboxylic acids is 1. The number of carbonyl (C=O) groups is 1. The van der Waals surface area contributed by atoms with Gasteiger partial charge in [0.1, 0.15) is 10.1 Å². The van der Waals surface area contributed by atoms with Gasteiger partial charge in [-0.1, -0.05) is 42.2 Å². The van der Waals surface area contributed by atoms with Crippen LogP contribution in [0.5, 0.6) is 0 Å². The minimum absolute atomic E-state index is 0.136. The highest BCUT2D eigenvalue weighted by Crippen LogP contribution is 2.33. The lowest BCUT2D eigenvalue weighted by Gasteiger charge is -2.13. The van der Waals surface area contributed by atoms with E-state index in [0.717, 1.165) is 11.1 Å². The Morgan fingerprint density at radius 3 is 2.73 bits per heavy atom. The lowest BCUT2D eigenvalue weighted by molar-refractivity contribution is -0.122. The molecule has 1 amide bonds. The normalized spacial score (nSPS) is 16.6. The van der Waals surface area contributed by atoms with Crippen molar-refractivity contribution in [2.75, 3.05) is 0 Å². The van der Waals surface area contributed by atoms with Gasteiger partial charge in [0.25, 0.3) is 5.91 Å². The summed E-state index contributed by atoms with van der Waals surface area (Å²) in [5, 5.41) is 0. The van der Waals surface area contributed by atoms with Crippen LogP contribution in [0.1, 0.15) is 11.1 Å². The third-order valence-electron chi connectivity index (χ3n) is 3.10. The first-order valence-corrected chi connectivity index (χ1v) is 7.76. The fourth-order valence-corrected chi connectivity index (χ4v) is 3.28. The molecule has 0 spiro atoms. The van der Waals surface area contributed by atoms with Crippen LogP contribution < -0.4 is 0 Å². The van der Waals surface area contributed by atoms with E-state index in [4.69, 9.17) is 12.2 Å². The maximum absolute atomic E-state index is 12.9. The van der Waals surface area contributed by atoms with E-state index in [-0.39, 0.29) is 11.7 Å². The van der Waals surface area contributed by atoms with Crippen molar-refractivity contribution < 1.29 is 9.18 Å². The smallest absolute Gasteiger partial charge is 0.266 e. The SMILES string of the molecule is O=C1C(=Cc2ccc(F)cc2)SC(=S)N1Cc1cccnc1. The van der Waals surface area contributed by atoms with Gasteiger partial charge in [-0.05, 0) is 35.4 Å². The first-order valence-electron chi connectivity index (χ1n) is 6.53. The highest BCUT2D eigenvalue weighted by molar-refractivity contribution is 8.26. The number of amides is 1. The molecule has 0 unspecified atom stereocenters. The highest BCUT2D eigenvalue weighted by atomic mass is 32.2. The molecule has 0 aliphatic carbocycles. The summed E-state index contributed by atoms with van der Waals surface area (Å²) in [5.41, 5.74) is 1.69. The average molecular weight is 330 g/mol. The molecule has 0 bridgehead atoms. The summed E-state index contributed by atoms with van der Waals surface area (Å²) in [6.07, 6.45) is 5.12. The van der Waals surface area contributed by atoms with Crippen molar-refractivity contribution in [3.05, 3.63) is 70.6 Å². The Morgan fingerprint density at radius 2 is 2.05 bits per heavy atom. The van der Waals surface area contributed by atoms with E-state index in [1.54, 1.807) is 35.5 Å². The van der Waals surface area contributed by atoms with E-state index < -0.39 is 0 Å². The summed E-state index contributed by atoms with van der Waals surface area (Å²) < 4.78 is 13.4. The lowest BCUT2D eigenvalue weighted by atomic mass is 10.2. The molecule has 0 atom stereocenters. The molecule has 1 saturated heterocycles. The molecule has 0 radical (unpaired) electrons.